The Bertz CT molecular complexity index is 481. The summed E-state index contributed by atoms with van der Waals surface area (Å²) in [4.78, 5) is 10.9. The van der Waals surface area contributed by atoms with Gasteiger partial charge in [-0.2, -0.15) is 0 Å². The van der Waals surface area contributed by atoms with Crippen LogP contribution in [-0.2, 0) is 0 Å². The normalized spacial score (nSPS) is 10.3. The van der Waals surface area contributed by atoms with Gasteiger partial charge in [0.2, 0.25) is 0 Å². The Balaban J connectivity index is 2.68. The first kappa shape index (κ1) is 9.65. The highest BCUT2D eigenvalue weighted by Gasteiger charge is 2.13. The average molecular weight is 200 g/mol. The molecule has 2 aromatic rings. The molecule has 0 aliphatic heterocycles. The predicted octanol–water partition coefficient (Wildman–Crippen LogP) is 2.64. The van der Waals surface area contributed by atoms with Crippen LogP contribution in [0.4, 0.5) is 0 Å². The second kappa shape index (κ2) is 3.69. The molecule has 0 aliphatic carbocycles. The number of hydrogen-bond acceptors (Lipinski definition) is 3. The molecule has 0 saturated carbocycles. The van der Waals surface area contributed by atoms with E-state index in [1.165, 1.54) is 0 Å². The molecule has 1 aromatic carbocycles. The molecule has 3 nitrogen and oxygen atoms in total. The molecule has 1 heterocycles. The highest BCUT2D eigenvalue weighted by atomic mass is 16.5. The first-order valence-electron chi connectivity index (χ1n) is 4.57. The van der Waals surface area contributed by atoms with Crippen molar-refractivity contribution in [2.24, 2.45) is 0 Å². The van der Waals surface area contributed by atoms with Crippen LogP contribution in [0.5, 0.6) is 0 Å². The van der Waals surface area contributed by atoms with E-state index in [-0.39, 0.29) is 0 Å². The molecule has 3 heteroatoms. The van der Waals surface area contributed by atoms with Crippen molar-refractivity contribution < 1.29 is 9.32 Å². The maximum Gasteiger partial charge on any atom is 0.150 e. The van der Waals surface area contributed by atoms with Gasteiger partial charge in [-0.3, -0.25) is 4.79 Å². The van der Waals surface area contributed by atoms with Crippen molar-refractivity contribution in [2.45, 2.75) is 6.92 Å². The van der Waals surface area contributed by atoms with Gasteiger partial charge in [-0.25, -0.2) is 0 Å². The second-order valence-electron chi connectivity index (χ2n) is 3.27. The number of carbonyl (C=O) groups is 1. The summed E-state index contributed by atoms with van der Waals surface area (Å²) in [6.45, 7) is 5.58. The molecule has 0 unspecified atom stereocenters. The third-order valence-electron chi connectivity index (χ3n) is 2.29. The smallest absolute Gasteiger partial charge is 0.150 e. The maximum absolute atomic E-state index is 10.9. The van der Waals surface area contributed by atoms with Crippen LogP contribution in [0.2, 0.25) is 0 Å². The van der Waals surface area contributed by atoms with Gasteiger partial charge in [0.1, 0.15) is 5.76 Å². The maximum atomic E-state index is 10.9. The molecule has 0 amide bonds. The summed E-state index contributed by atoms with van der Waals surface area (Å²) in [6, 6.07) is 7.30. The molecule has 0 bridgehead atoms. The molecule has 0 N–H and O–H groups in total. The quantitative estimate of drug-likeness (QED) is 0.700. The van der Waals surface area contributed by atoms with Gasteiger partial charge in [-0.15, -0.1) is 0 Å². The number of carbonyl (C=O) groups excluding carboxylic acids is 1. The number of aryl methyl sites for hydroxylation is 1. The Morgan fingerprint density at radius 1 is 1.40 bits per heavy atom. The lowest BCUT2D eigenvalue weighted by molar-refractivity contribution is 0.112. The Morgan fingerprint density at radius 3 is 2.73 bits per heavy atom. The predicted molar refractivity (Wildman–Crippen MR) is 56.5 cm³/mol. The third kappa shape index (κ3) is 1.56. The second-order valence-corrected chi connectivity index (χ2v) is 3.27. The molecule has 2 rings (SSSR count). The zero-order chi connectivity index (χ0) is 10.8. The van der Waals surface area contributed by atoms with Crippen molar-refractivity contribution in [3.05, 3.63) is 48.2 Å². The highest BCUT2D eigenvalue weighted by Crippen LogP contribution is 2.28. The molecular formula is C12H10NO2. The Labute approximate surface area is 87.7 Å². The first-order chi connectivity index (χ1) is 7.24. The van der Waals surface area contributed by atoms with Crippen LogP contribution in [0, 0.1) is 13.8 Å². The molecule has 15 heavy (non-hydrogen) atoms. The van der Waals surface area contributed by atoms with E-state index in [1.54, 1.807) is 13.0 Å². The van der Waals surface area contributed by atoms with Crippen molar-refractivity contribution in [1.29, 1.82) is 0 Å². The van der Waals surface area contributed by atoms with Crippen LogP contribution in [0.3, 0.4) is 0 Å². The van der Waals surface area contributed by atoms with Gasteiger partial charge in [-0.1, -0.05) is 29.4 Å². The van der Waals surface area contributed by atoms with E-state index in [9.17, 15) is 4.79 Å². The third-order valence-corrected chi connectivity index (χ3v) is 2.29. The van der Waals surface area contributed by atoms with E-state index in [0.29, 0.717) is 17.0 Å². The van der Waals surface area contributed by atoms with Crippen LogP contribution < -0.4 is 0 Å². The Morgan fingerprint density at radius 2 is 2.13 bits per heavy atom. The Hall–Kier alpha value is -1.90. The monoisotopic (exact) mass is 200 g/mol. The summed E-state index contributed by atoms with van der Waals surface area (Å²) in [5.74, 6) is 0.675. The fourth-order valence-electron chi connectivity index (χ4n) is 1.59. The van der Waals surface area contributed by atoms with E-state index in [2.05, 4.69) is 12.1 Å². The summed E-state index contributed by atoms with van der Waals surface area (Å²) >= 11 is 0. The Kier molecular flexibility index (Phi) is 2.37. The SMILES string of the molecule is [CH2]c1noc(C)c1-c1ccccc1C=O. The summed E-state index contributed by atoms with van der Waals surface area (Å²) < 4.78 is 5.02. The van der Waals surface area contributed by atoms with E-state index >= 15 is 0 Å². The number of nitrogens with zero attached hydrogens (tertiary/aromatic N) is 1. The lowest BCUT2D eigenvalue weighted by Gasteiger charge is -2.02. The van der Waals surface area contributed by atoms with Crippen molar-refractivity contribution in [3.8, 4) is 11.1 Å². The molecule has 0 fully saturated rings. The van der Waals surface area contributed by atoms with Gasteiger partial charge >= 0.3 is 0 Å². The highest BCUT2D eigenvalue weighted by molar-refractivity contribution is 5.88. The standard InChI is InChI=1S/C12H10NO2/c1-8-12(9(2)15-13-8)11-6-4-3-5-10(11)7-14/h3-7H,1H2,2H3. The van der Waals surface area contributed by atoms with E-state index in [1.807, 2.05) is 18.2 Å². The summed E-state index contributed by atoms with van der Waals surface area (Å²) in [5, 5.41) is 3.77. The fraction of sp³-hybridized carbons (Fsp3) is 0.0833. The van der Waals surface area contributed by atoms with Gasteiger partial charge in [0, 0.05) is 11.1 Å². The minimum absolute atomic E-state index is 0.557. The van der Waals surface area contributed by atoms with Crippen molar-refractivity contribution in [2.75, 3.05) is 0 Å². The van der Waals surface area contributed by atoms with Gasteiger partial charge in [0.05, 0.1) is 5.69 Å². The number of benzene rings is 1. The fourth-order valence-corrected chi connectivity index (χ4v) is 1.59. The molecule has 0 saturated heterocycles. The minimum Gasteiger partial charge on any atom is -0.361 e. The zero-order valence-electron chi connectivity index (χ0n) is 8.36. The van der Waals surface area contributed by atoms with Crippen molar-refractivity contribution >= 4 is 6.29 Å². The summed E-state index contributed by atoms with van der Waals surface area (Å²) in [7, 11) is 0. The topological polar surface area (TPSA) is 43.1 Å². The summed E-state index contributed by atoms with van der Waals surface area (Å²) in [5.41, 5.74) is 2.80. The van der Waals surface area contributed by atoms with Crippen molar-refractivity contribution in [3.63, 3.8) is 0 Å². The van der Waals surface area contributed by atoms with Gasteiger partial charge in [0.15, 0.2) is 6.29 Å². The minimum atomic E-state index is 0.557. The number of aromatic nitrogens is 1. The zero-order valence-corrected chi connectivity index (χ0v) is 8.36. The van der Waals surface area contributed by atoms with Crippen LogP contribution in [0.1, 0.15) is 21.8 Å². The first-order valence-corrected chi connectivity index (χ1v) is 4.57. The van der Waals surface area contributed by atoms with E-state index < -0.39 is 0 Å². The molecule has 1 radical (unpaired) electrons. The number of hydrogen-bond donors (Lipinski definition) is 0. The van der Waals surface area contributed by atoms with Crippen molar-refractivity contribution in [1.82, 2.24) is 5.16 Å². The molecule has 75 valence electrons. The van der Waals surface area contributed by atoms with Gasteiger partial charge in [-0.05, 0) is 19.4 Å². The number of aldehydes is 1. The van der Waals surface area contributed by atoms with Gasteiger partial charge in [0.25, 0.3) is 0 Å². The molecule has 0 aliphatic rings. The molecular weight excluding hydrogens is 190 g/mol. The van der Waals surface area contributed by atoms with Crippen LogP contribution in [0.15, 0.2) is 28.8 Å². The molecule has 0 atom stereocenters. The van der Waals surface area contributed by atoms with Gasteiger partial charge < -0.3 is 4.52 Å². The molecule has 1 aromatic heterocycles. The van der Waals surface area contributed by atoms with Crippen LogP contribution in [-0.4, -0.2) is 11.4 Å². The summed E-state index contributed by atoms with van der Waals surface area (Å²) in [6.07, 6.45) is 0.821. The van der Waals surface area contributed by atoms with Crippen LogP contribution in [0.25, 0.3) is 11.1 Å². The van der Waals surface area contributed by atoms with Crippen LogP contribution >= 0.6 is 0 Å². The largest absolute Gasteiger partial charge is 0.361 e. The van der Waals surface area contributed by atoms with E-state index in [4.69, 9.17) is 4.52 Å². The number of rotatable bonds is 2. The lowest BCUT2D eigenvalue weighted by atomic mass is 9.99. The molecule has 0 spiro atoms. The average Bonchev–Trinajstić information content (AvgIpc) is 2.59. The van der Waals surface area contributed by atoms with E-state index in [0.717, 1.165) is 17.4 Å². The lowest BCUT2D eigenvalue weighted by Crippen LogP contribution is -1.88.